The second-order valence-electron chi connectivity index (χ2n) is 6.56. The van der Waals surface area contributed by atoms with Gasteiger partial charge in [0, 0.05) is 40.6 Å². The molecule has 4 aromatic rings. The molecular formula is C24H24N4O8S4W-4. The van der Waals surface area contributed by atoms with E-state index in [0.717, 1.165) is 0 Å². The van der Waals surface area contributed by atoms with Crippen LogP contribution in [0.3, 0.4) is 0 Å². The molecule has 4 rings (SSSR count). The van der Waals surface area contributed by atoms with E-state index in [0.29, 0.717) is 42.6 Å². The van der Waals surface area contributed by atoms with E-state index in [1.807, 2.05) is 24.3 Å². The summed E-state index contributed by atoms with van der Waals surface area (Å²) in [6.45, 7) is 0. The maximum atomic E-state index is 8.01. The number of hydrogen-bond acceptors (Lipinski definition) is 12. The van der Waals surface area contributed by atoms with Crippen LogP contribution < -0.4 is 19.4 Å². The molecule has 0 aliphatic heterocycles. The molecule has 0 aromatic heterocycles. The fourth-order valence-corrected chi connectivity index (χ4v) is 3.12. The van der Waals surface area contributed by atoms with Gasteiger partial charge in [-0.25, -0.2) is 0 Å². The van der Waals surface area contributed by atoms with Crippen molar-refractivity contribution in [2.45, 2.75) is 19.6 Å². The number of para-hydroxylation sites is 4. The number of hydrogen-bond donors (Lipinski definition) is 8. The van der Waals surface area contributed by atoms with E-state index in [4.69, 9.17) is 20.8 Å². The normalized spacial score (nSPS) is 9.17. The standard InChI is InChI=1S/4C6H6NO2S.W/c4*8-7-9-5-3-1-2-4-6(5)10;/h4*1-4,8,10H;/q4*-1;. The average Bonchev–Trinajstić information content (AvgIpc) is 2.96. The Morgan fingerprint density at radius 1 is 0.366 bits per heavy atom. The van der Waals surface area contributed by atoms with Crippen LogP contribution in [0, 0.1) is 0 Å². The predicted molar refractivity (Wildman–Crippen MR) is 158 cm³/mol. The topological polar surface area (TPSA) is 174 Å². The molecule has 0 aliphatic rings. The van der Waals surface area contributed by atoms with Gasteiger partial charge in [0.2, 0.25) is 0 Å². The first-order valence-electron chi connectivity index (χ1n) is 10.6. The van der Waals surface area contributed by atoms with Gasteiger partial charge in [-0.3, -0.25) is 0 Å². The van der Waals surface area contributed by atoms with Gasteiger partial charge in [-0.15, -0.1) is 50.5 Å². The molecule has 0 unspecified atom stereocenters. The van der Waals surface area contributed by atoms with Crippen molar-refractivity contribution in [2.24, 2.45) is 0 Å². The number of thiol groups is 4. The molecule has 0 fully saturated rings. The summed E-state index contributed by atoms with van der Waals surface area (Å²) < 4.78 is 0. The zero-order valence-corrected chi connectivity index (χ0v) is 27.2. The summed E-state index contributed by atoms with van der Waals surface area (Å²) in [6.07, 6.45) is 0. The molecule has 0 saturated heterocycles. The van der Waals surface area contributed by atoms with Gasteiger partial charge in [0.25, 0.3) is 0 Å². The summed E-state index contributed by atoms with van der Waals surface area (Å²) in [4.78, 5) is 20.3. The minimum absolute atomic E-state index is 0. The first-order chi connectivity index (χ1) is 19.4. The van der Waals surface area contributed by atoms with Crippen LogP contribution in [-0.4, -0.2) is 20.8 Å². The van der Waals surface area contributed by atoms with Crippen LogP contribution in [-0.2, 0) is 21.1 Å². The van der Waals surface area contributed by atoms with Crippen molar-refractivity contribution in [1.29, 1.82) is 0 Å². The Labute approximate surface area is 272 Å². The van der Waals surface area contributed by atoms with E-state index in [9.17, 15) is 0 Å². The second-order valence-corrected chi connectivity index (χ2v) is 8.49. The Balaban J connectivity index is 0.000000516. The van der Waals surface area contributed by atoms with E-state index in [1.54, 1.807) is 72.8 Å². The van der Waals surface area contributed by atoms with Crippen molar-refractivity contribution in [1.82, 2.24) is 0 Å². The van der Waals surface area contributed by atoms with E-state index in [1.165, 1.54) is 0 Å². The van der Waals surface area contributed by atoms with E-state index >= 15 is 0 Å². The third-order valence-corrected chi connectivity index (χ3v) is 5.50. The summed E-state index contributed by atoms with van der Waals surface area (Å²) in [7, 11) is 0. The molecule has 0 bridgehead atoms. The minimum Gasteiger partial charge on any atom is -0.564 e. The predicted octanol–water partition coefficient (Wildman–Crippen LogP) is 8.13. The molecule has 222 valence electrons. The fraction of sp³-hybridized carbons (Fsp3) is 0. The molecule has 41 heavy (non-hydrogen) atoms. The van der Waals surface area contributed by atoms with Crippen molar-refractivity contribution in [3.8, 4) is 23.0 Å². The maximum Gasteiger partial charge on any atom is 0.116 e. The number of nitrogens with zero attached hydrogens (tertiary/aromatic N) is 4. The Hall–Kier alpha value is -2.15. The van der Waals surface area contributed by atoms with Gasteiger partial charge in [0.05, 0.1) is 0 Å². The molecule has 4 aromatic carbocycles. The summed E-state index contributed by atoms with van der Waals surface area (Å²) in [5.41, 5.74) is 10.1. The van der Waals surface area contributed by atoms with Crippen LogP contribution in [0.4, 0.5) is 0 Å². The Bertz CT molecular complexity index is 1060. The van der Waals surface area contributed by atoms with Gasteiger partial charge in [-0.2, -0.15) is 0 Å². The summed E-state index contributed by atoms with van der Waals surface area (Å²) in [6, 6.07) is 27.9. The summed E-state index contributed by atoms with van der Waals surface area (Å²) in [5.74, 6) is 1.75. The van der Waals surface area contributed by atoms with Crippen LogP contribution in [0.2, 0.25) is 0 Å². The van der Waals surface area contributed by atoms with Crippen molar-refractivity contribution >= 4 is 50.5 Å². The van der Waals surface area contributed by atoms with Gasteiger partial charge in [0.1, 0.15) is 23.0 Å². The van der Waals surface area contributed by atoms with Crippen LogP contribution in [0.1, 0.15) is 0 Å². The molecule has 0 atom stereocenters. The quantitative estimate of drug-likeness (QED) is 0.0651. The van der Waals surface area contributed by atoms with Crippen molar-refractivity contribution in [3.05, 3.63) is 120 Å². The van der Waals surface area contributed by atoms with Crippen molar-refractivity contribution in [3.63, 3.8) is 0 Å². The number of benzene rings is 4. The second kappa shape index (κ2) is 24.4. The molecule has 12 nitrogen and oxygen atoms in total. The van der Waals surface area contributed by atoms with Crippen LogP contribution >= 0.6 is 50.5 Å². The van der Waals surface area contributed by atoms with Crippen LogP contribution in [0.25, 0.3) is 22.6 Å². The molecule has 0 spiro atoms. The van der Waals surface area contributed by atoms with Gasteiger partial charge in [0.15, 0.2) is 0 Å². The van der Waals surface area contributed by atoms with E-state index in [2.05, 4.69) is 92.4 Å². The monoisotopic (exact) mass is 808 g/mol. The summed E-state index contributed by atoms with van der Waals surface area (Å²) in [5, 5.41) is 32.1. The molecule has 0 aliphatic carbocycles. The first-order valence-corrected chi connectivity index (χ1v) is 12.3. The number of rotatable bonds is 8. The van der Waals surface area contributed by atoms with Crippen molar-refractivity contribution in [2.75, 3.05) is 0 Å². The SMILES string of the molecule is O[N-]Oc1ccccc1S.O[N-]Oc1ccccc1S.O[N-]Oc1ccccc1S.O[N-]Oc1ccccc1S.[W]. The maximum absolute atomic E-state index is 8.01. The third-order valence-electron chi connectivity index (χ3n) is 4.02. The average molecular weight is 809 g/mol. The van der Waals surface area contributed by atoms with Gasteiger partial charge in [-0.1, -0.05) is 48.5 Å². The largest absolute Gasteiger partial charge is 0.564 e. The molecule has 0 saturated carbocycles. The molecule has 0 heterocycles. The van der Waals surface area contributed by atoms with Crippen LogP contribution in [0.5, 0.6) is 23.0 Å². The van der Waals surface area contributed by atoms with E-state index < -0.39 is 0 Å². The van der Waals surface area contributed by atoms with Crippen LogP contribution in [0.15, 0.2) is 117 Å². The Morgan fingerprint density at radius 3 is 0.683 bits per heavy atom. The van der Waals surface area contributed by atoms with Gasteiger partial charge < -0.3 is 62.8 Å². The molecule has 4 N–H and O–H groups in total. The Kier molecular flexibility index (Phi) is 23.2. The zero-order chi connectivity index (χ0) is 29.6. The van der Waals surface area contributed by atoms with Gasteiger partial charge >= 0.3 is 0 Å². The molecular weight excluding hydrogens is 784 g/mol. The molecule has 0 amide bonds. The van der Waals surface area contributed by atoms with E-state index in [-0.39, 0.29) is 21.1 Å². The first kappa shape index (κ1) is 38.8. The third kappa shape index (κ3) is 16.8. The minimum atomic E-state index is 0. The molecule has 0 radical (unpaired) electrons. The Morgan fingerprint density at radius 2 is 0.537 bits per heavy atom. The zero-order valence-electron chi connectivity index (χ0n) is 20.6. The molecule has 17 heteroatoms. The van der Waals surface area contributed by atoms with Gasteiger partial charge in [-0.05, 0) is 48.5 Å². The smallest absolute Gasteiger partial charge is 0.116 e. The fourth-order valence-electron chi connectivity index (χ4n) is 2.31. The van der Waals surface area contributed by atoms with Crippen molar-refractivity contribution < 1.29 is 61.2 Å². The summed E-state index contributed by atoms with van der Waals surface area (Å²) >= 11 is 16.1.